The SMILES string of the molecule is CN=C(NCc1ccc(F)c(CO)c1)N1CCN(CC(=O)N2CCCC2)CC1.I. The number of aliphatic hydroxyl groups excluding tert-OH is 1. The number of piperazine rings is 1. The number of aliphatic imine (C=N–C) groups is 1. The molecule has 0 aromatic heterocycles. The summed E-state index contributed by atoms with van der Waals surface area (Å²) in [7, 11) is 1.75. The molecular formula is C20H31FIN5O2. The van der Waals surface area contributed by atoms with E-state index >= 15 is 0 Å². The Morgan fingerprint density at radius 3 is 2.45 bits per heavy atom. The Morgan fingerprint density at radius 2 is 1.83 bits per heavy atom. The van der Waals surface area contributed by atoms with Crippen molar-refractivity contribution in [3.05, 3.63) is 35.1 Å². The van der Waals surface area contributed by atoms with Crippen molar-refractivity contribution in [2.45, 2.75) is 26.0 Å². The van der Waals surface area contributed by atoms with Gasteiger partial charge in [-0.05, 0) is 30.5 Å². The molecule has 0 aliphatic carbocycles. The molecule has 9 heteroatoms. The Hall–Kier alpha value is -1.46. The minimum absolute atomic E-state index is 0. The van der Waals surface area contributed by atoms with Gasteiger partial charge in [-0.25, -0.2) is 4.39 Å². The number of likely N-dealkylation sites (tertiary alicyclic amines) is 1. The summed E-state index contributed by atoms with van der Waals surface area (Å²) in [6.07, 6.45) is 2.24. The summed E-state index contributed by atoms with van der Waals surface area (Å²) in [5, 5.41) is 12.5. The zero-order chi connectivity index (χ0) is 19.9. The van der Waals surface area contributed by atoms with Crippen molar-refractivity contribution >= 4 is 35.8 Å². The van der Waals surface area contributed by atoms with Crippen molar-refractivity contribution in [1.29, 1.82) is 0 Å². The van der Waals surface area contributed by atoms with Crippen LogP contribution in [0.3, 0.4) is 0 Å². The minimum atomic E-state index is -0.393. The monoisotopic (exact) mass is 519 g/mol. The molecule has 2 N–H and O–H groups in total. The molecule has 3 rings (SSSR count). The molecule has 0 spiro atoms. The second-order valence-corrected chi connectivity index (χ2v) is 7.34. The number of hydrogen-bond acceptors (Lipinski definition) is 4. The summed E-state index contributed by atoms with van der Waals surface area (Å²) in [5.41, 5.74) is 1.19. The Balaban J connectivity index is 0.00000300. The second-order valence-electron chi connectivity index (χ2n) is 7.34. The van der Waals surface area contributed by atoms with Crippen molar-refractivity contribution in [3.63, 3.8) is 0 Å². The first-order valence-electron chi connectivity index (χ1n) is 9.94. The molecular weight excluding hydrogens is 488 g/mol. The zero-order valence-corrected chi connectivity index (χ0v) is 19.3. The molecule has 1 amide bonds. The first kappa shape index (κ1) is 23.8. The third kappa shape index (κ3) is 6.51. The number of halogens is 2. The van der Waals surface area contributed by atoms with Crippen LogP contribution in [-0.4, -0.2) is 84.5 Å². The van der Waals surface area contributed by atoms with E-state index in [0.717, 1.165) is 63.6 Å². The fourth-order valence-corrected chi connectivity index (χ4v) is 3.75. The average molecular weight is 519 g/mol. The number of benzene rings is 1. The van der Waals surface area contributed by atoms with E-state index in [0.29, 0.717) is 18.7 Å². The Labute approximate surface area is 189 Å². The summed E-state index contributed by atoms with van der Waals surface area (Å²) in [4.78, 5) is 23.0. The van der Waals surface area contributed by atoms with Gasteiger partial charge in [0.25, 0.3) is 0 Å². The molecule has 0 radical (unpaired) electrons. The lowest BCUT2D eigenvalue weighted by Gasteiger charge is -2.36. The maximum absolute atomic E-state index is 13.5. The van der Waals surface area contributed by atoms with Crippen molar-refractivity contribution < 1.29 is 14.3 Å². The summed E-state index contributed by atoms with van der Waals surface area (Å²) in [5.74, 6) is 0.639. The molecule has 29 heavy (non-hydrogen) atoms. The fourth-order valence-electron chi connectivity index (χ4n) is 3.75. The molecule has 2 heterocycles. The Morgan fingerprint density at radius 1 is 1.14 bits per heavy atom. The van der Waals surface area contributed by atoms with Gasteiger partial charge in [0.05, 0.1) is 13.2 Å². The van der Waals surface area contributed by atoms with E-state index in [1.54, 1.807) is 19.2 Å². The zero-order valence-electron chi connectivity index (χ0n) is 16.9. The van der Waals surface area contributed by atoms with E-state index < -0.39 is 5.82 Å². The van der Waals surface area contributed by atoms with Crippen molar-refractivity contribution in [2.75, 3.05) is 52.9 Å². The maximum atomic E-state index is 13.5. The van der Waals surface area contributed by atoms with Gasteiger partial charge in [0.2, 0.25) is 5.91 Å². The molecule has 162 valence electrons. The molecule has 2 aliphatic heterocycles. The van der Waals surface area contributed by atoms with Crippen LogP contribution in [0.5, 0.6) is 0 Å². The number of hydrogen-bond donors (Lipinski definition) is 2. The largest absolute Gasteiger partial charge is 0.392 e. The summed E-state index contributed by atoms with van der Waals surface area (Å²) in [6, 6.07) is 4.75. The van der Waals surface area contributed by atoms with Crippen LogP contribution in [0.15, 0.2) is 23.2 Å². The number of carbonyl (C=O) groups excluding carboxylic acids is 1. The van der Waals surface area contributed by atoms with Crippen LogP contribution in [0.2, 0.25) is 0 Å². The van der Waals surface area contributed by atoms with Crippen LogP contribution in [0.4, 0.5) is 4.39 Å². The van der Waals surface area contributed by atoms with Gasteiger partial charge < -0.3 is 20.2 Å². The smallest absolute Gasteiger partial charge is 0.236 e. The van der Waals surface area contributed by atoms with Crippen molar-refractivity contribution in [1.82, 2.24) is 20.0 Å². The van der Waals surface area contributed by atoms with Crippen LogP contribution < -0.4 is 5.32 Å². The van der Waals surface area contributed by atoms with E-state index in [9.17, 15) is 14.3 Å². The highest BCUT2D eigenvalue weighted by Gasteiger charge is 2.24. The first-order chi connectivity index (χ1) is 13.6. The highest BCUT2D eigenvalue weighted by molar-refractivity contribution is 14.0. The number of amides is 1. The lowest BCUT2D eigenvalue weighted by atomic mass is 10.1. The quantitative estimate of drug-likeness (QED) is 0.348. The van der Waals surface area contributed by atoms with E-state index in [-0.39, 0.29) is 36.5 Å². The van der Waals surface area contributed by atoms with Crippen LogP contribution in [0.1, 0.15) is 24.0 Å². The van der Waals surface area contributed by atoms with Crippen LogP contribution in [0.25, 0.3) is 0 Å². The van der Waals surface area contributed by atoms with Crippen LogP contribution >= 0.6 is 24.0 Å². The molecule has 2 fully saturated rings. The standard InChI is InChI=1S/C20H30FN5O2.HI/c1-22-20(23-13-16-4-5-18(21)17(12-16)15-27)26-10-8-24(9-11-26)14-19(28)25-6-2-3-7-25;/h4-5,12,27H,2-3,6-11,13-15H2,1H3,(H,22,23);1H. The molecule has 0 saturated carbocycles. The summed E-state index contributed by atoms with van der Waals surface area (Å²) >= 11 is 0. The fraction of sp³-hybridized carbons (Fsp3) is 0.600. The van der Waals surface area contributed by atoms with Gasteiger partial charge in [0.1, 0.15) is 5.82 Å². The second kappa shape index (κ2) is 11.7. The lowest BCUT2D eigenvalue weighted by molar-refractivity contribution is -0.131. The van der Waals surface area contributed by atoms with Gasteiger partial charge in [0, 0.05) is 58.4 Å². The molecule has 2 aliphatic rings. The van der Waals surface area contributed by atoms with Crippen LogP contribution in [0, 0.1) is 5.82 Å². The van der Waals surface area contributed by atoms with E-state index in [1.807, 2.05) is 4.90 Å². The molecule has 0 atom stereocenters. The van der Waals surface area contributed by atoms with Gasteiger partial charge in [-0.1, -0.05) is 6.07 Å². The Bertz CT molecular complexity index is 704. The molecule has 7 nitrogen and oxygen atoms in total. The van der Waals surface area contributed by atoms with Gasteiger partial charge >= 0.3 is 0 Å². The average Bonchev–Trinajstić information content (AvgIpc) is 3.26. The summed E-state index contributed by atoms with van der Waals surface area (Å²) in [6.45, 7) is 5.75. The lowest BCUT2D eigenvalue weighted by Crippen LogP contribution is -2.54. The predicted octanol–water partition coefficient (Wildman–Crippen LogP) is 1.25. The number of rotatable bonds is 5. The first-order valence-corrected chi connectivity index (χ1v) is 9.94. The third-order valence-corrected chi connectivity index (χ3v) is 5.43. The molecule has 0 bridgehead atoms. The molecule has 0 unspecified atom stereocenters. The highest BCUT2D eigenvalue weighted by Crippen LogP contribution is 2.12. The van der Waals surface area contributed by atoms with Crippen molar-refractivity contribution in [2.24, 2.45) is 4.99 Å². The number of aliphatic hydroxyl groups is 1. The normalized spacial score (nSPS) is 18.0. The van der Waals surface area contributed by atoms with Gasteiger partial charge in [-0.15, -0.1) is 24.0 Å². The summed E-state index contributed by atoms with van der Waals surface area (Å²) < 4.78 is 13.5. The topological polar surface area (TPSA) is 71.4 Å². The van der Waals surface area contributed by atoms with Gasteiger partial charge in [0.15, 0.2) is 5.96 Å². The minimum Gasteiger partial charge on any atom is -0.392 e. The number of guanidine groups is 1. The van der Waals surface area contributed by atoms with Gasteiger partial charge in [-0.3, -0.25) is 14.7 Å². The van der Waals surface area contributed by atoms with Crippen molar-refractivity contribution in [3.8, 4) is 0 Å². The number of nitrogens with one attached hydrogen (secondary N) is 1. The predicted molar refractivity (Wildman–Crippen MR) is 122 cm³/mol. The molecule has 2 saturated heterocycles. The van der Waals surface area contributed by atoms with E-state index in [1.165, 1.54) is 6.07 Å². The van der Waals surface area contributed by atoms with Crippen LogP contribution in [-0.2, 0) is 17.9 Å². The molecule has 1 aromatic rings. The van der Waals surface area contributed by atoms with Gasteiger partial charge in [-0.2, -0.15) is 0 Å². The Kier molecular flexibility index (Phi) is 9.57. The number of carbonyl (C=O) groups is 1. The molecule has 1 aromatic carbocycles. The highest BCUT2D eigenvalue weighted by atomic mass is 127. The van der Waals surface area contributed by atoms with E-state index in [2.05, 4.69) is 20.1 Å². The maximum Gasteiger partial charge on any atom is 0.236 e. The number of nitrogens with zero attached hydrogens (tertiary/aromatic N) is 4. The van der Waals surface area contributed by atoms with E-state index in [4.69, 9.17) is 0 Å². The third-order valence-electron chi connectivity index (χ3n) is 5.43.